The molecule has 0 amide bonds. The molecule has 106 valence electrons. The summed E-state index contributed by atoms with van der Waals surface area (Å²) in [5.74, 6) is 2.07. The van der Waals surface area contributed by atoms with Gasteiger partial charge in [-0.3, -0.25) is 0 Å². The Hall–Kier alpha value is -0.880. The van der Waals surface area contributed by atoms with Gasteiger partial charge in [0, 0.05) is 23.9 Å². The van der Waals surface area contributed by atoms with Gasteiger partial charge in [0.15, 0.2) is 0 Å². The highest BCUT2D eigenvalue weighted by molar-refractivity contribution is 7.99. The molecule has 19 heavy (non-hydrogen) atoms. The van der Waals surface area contributed by atoms with Gasteiger partial charge in [-0.2, -0.15) is 11.8 Å². The summed E-state index contributed by atoms with van der Waals surface area (Å²) < 4.78 is 40.8. The number of hydrogen-bond acceptors (Lipinski definition) is 3. The van der Waals surface area contributed by atoms with Gasteiger partial charge in [0.25, 0.3) is 0 Å². The van der Waals surface area contributed by atoms with Crippen molar-refractivity contribution in [3.05, 3.63) is 29.8 Å². The van der Waals surface area contributed by atoms with E-state index in [9.17, 15) is 13.2 Å². The van der Waals surface area contributed by atoms with Crippen molar-refractivity contribution in [3.63, 3.8) is 0 Å². The van der Waals surface area contributed by atoms with Crippen LogP contribution in [0.2, 0.25) is 0 Å². The zero-order valence-corrected chi connectivity index (χ0v) is 11.2. The fourth-order valence-electron chi connectivity index (χ4n) is 2.03. The Morgan fingerprint density at radius 3 is 2.79 bits per heavy atom. The molecule has 1 unspecified atom stereocenters. The Balaban J connectivity index is 1.95. The van der Waals surface area contributed by atoms with Crippen molar-refractivity contribution in [3.8, 4) is 5.75 Å². The number of halogens is 3. The van der Waals surface area contributed by atoms with Gasteiger partial charge in [0.1, 0.15) is 5.75 Å². The van der Waals surface area contributed by atoms with E-state index in [1.807, 2.05) is 11.8 Å². The second-order valence-corrected chi connectivity index (χ2v) is 5.60. The molecule has 0 bridgehead atoms. The van der Waals surface area contributed by atoms with E-state index in [1.165, 1.54) is 11.8 Å². The van der Waals surface area contributed by atoms with Crippen molar-refractivity contribution in [1.82, 2.24) is 5.32 Å². The van der Waals surface area contributed by atoms with Crippen LogP contribution >= 0.6 is 11.8 Å². The third-order valence-corrected chi connectivity index (χ3v) is 4.16. The van der Waals surface area contributed by atoms with Crippen molar-refractivity contribution < 1.29 is 17.9 Å². The summed E-state index contributed by atoms with van der Waals surface area (Å²) in [6.45, 7) is 0.400. The van der Waals surface area contributed by atoms with E-state index in [2.05, 4.69) is 10.1 Å². The van der Waals surface area contributed by atoms with E-state index < -0.39 is 6.36 Å². The molecule has 1 saturated heterocycles. The first-order valence-electron chi connectivity index (χ1n) is 6.19. The molecule has 0 radical (unpaired) electrons. The first kappa shape index (κ1) is 14.5. The van der Waals surface area contributed by atoms with E-state index in [1.54, 1.807) is 18.2 Å². The van der Waals surface area contributed by atoms with E-state index >= 15 is 0 Å². The highest BCUT2D eigenvalue weighted by atomic mass is 32.2. The summed E-state index contributed by atoms with van der Waals surface area (Å²) in [5.41, 5.74) is 0.537. The average molecular weight is 291 g/mol. The van der Waals surface area contributed by atoms with Crippen LogP contribution in [-0.4, -0.2) is 23.9 Å². The zero-order chi connectivity index (χ0) is 13.7. The molecule has 1 N–H and O–H groups in total. The van der Waals surface area contributed by atoms with Gasteiger partial charge in [0.05, 0.1) is 0 Å². The van der Waals surface area contributed by atoms with Crippen LogP contribution in [0.3, 0.4) is 0 Å². The summed E-state index contributed by atoms with van der Waals surface area (Å²) in [6, 6.07) is 6.64. The van der Waals surface area contributed by atoms with Crippen LogP contribution < -0.4 is 10.1 Å². The molecule has 0 spiro atoms. The lowest BCUT2D eigenvalue weighted by molar-refractivity contribution is -0.274. The lowest BCUT2D eigenvalue weighted by atomic mass is 10.1. The molecule has 1 aromatic carbocycles. The molecule has 0 aromatic heterocycles. The average Bonchev–Trinajstić information content (AvgIpc) is 2.37. The minimum atomic E-state index is -4.64. The molecule has 6 heteroatoms. The van der Waals surface area contributed by atoms with Gasteiger partial charge in [-0.1, -0.05) is 18.2 Å². The third kappa shape index (κ3) is 4.95. The second-order valence-electron chi connectivity index (χ2n) is 4.45. The van der Waals surface area contributed by atoms with Crippen LogP contribution in [0.1, 0.15) is 18.4 Å². The Labute approximate surface area is 114 Å². The number of ether oxygens (including phenoxy) is 1. The number of rotatable bonds is 4. The molecule has 1 aliphatic rings. The summed E-state index contributed by atoms with van der Waals surface area (Å²) in [4.78, 5) is 0. The molecule has 2 rings (SSSR count). The summed E-state index contributed by atoms with van der Waals surface area (Å²) >= 11 is 1.88. The van der Waals surface area contributed by atoms with Crippen LogP contribution in [-0.2, 0) is 6.54 Å². The highest BCUT2D eigenvalue weighted by Gasteiger charge is 2.32. The fourth-order valence-corrected chi connectivity index (χ4v) is 3.14. The van der Waals surface area contributed by atoms with Gasteiger partial charge >= 0.3 is 6.36 Å². The summed E-state index contributed by atoms with van der Waals surface area (Å²) in [7, 11) is 0. The van der Waals surface area contributed by atoms with E-state index in [0.29, 0.717) is 18.2 Å². The van der Waals surface area contributed by atoms with Crippen molar-refractivity contribution in [2.45, 2.75) is 31.8 Å². The molecular weight excluding hydrogens is 275 g/mol. The molecule has 1 aliphatic heterocycles. The monoisotopic (exact) mass is 291 g/mol. The molecule has 1 aromatic rings. The van der Waals surface area contributed by atoms with Gasteiger partial charge in [0.2, 0.25) is 0 Å². The van der Waals surface area contributed by atoms with Crippen LogP contribution in [0.5, 0.6) is 5.75 Å². The number of para-hydroxylation sites is 1. The molecule has 0 saturated carbocycles. The number of alkyl halides is 3. The van der Waals surface area contributed by atoms with E-state index in [0.717, 1.165) is 18.6 Å². The molecule has 0 aliphatic carbocycles. The normalized spacial score (nSPS) is 20.3. The van der Waals surface area contributed by atoms with Crippen LogP contribution in [0.15, 0.2) is 24.3 Å². The van der Waals surface area contributed by atoms with Gasteiger partial charge in [-0.05, 0) is 24.7 Å². The van der Waals surface area contributed by atoms with E-state index in [-0.39, 0.29) is 5.75 Å². The predicted octanol–water partition coefficient (Wildman–Crippen LogP) is 3.57. The van der Waals surface area contributed by atoms with E-state index in [4.69, 9.17) is 0 Å². The third-order valence-electron chi connectivity index (χ3n) is 2.94. The standard InChI is InChI=1S/C13H16F3NOS/c14-13(15,16)18-12-6-2-1-4-10(12)8-17-11-5-3-7-19-9-11/h1-2,4,6,11,17H,3,5,7-9H2. The lowest BCUT2D eigenvalue weighted by Crippen LogP contribution is -2.33. The minimum absolute atomic E-state index is 0.119. The highest BCUT2D eigenvalue weighted by Crippen LogP contribution is 2.26. The zero-order valence-electron chi connectivity index (χ0n) is 10.4. The van der Waals surface area contributed by atoms with Crippen molar-refractivity contribution in [1.29, 1.82) is 0 Å². The molecule has 1 atom stereocenters. The largest absolute Gasteiger partial charge is 0.573 e. The molecule has 2 nitrogen and oxygen atoms in total. The van der Waals surface area contributed by atoms with Crippen molar-refractivity contribution in [2.24, 2.45) is 0 Å². The maximum absolute atomic E-state index is 12.3. The first-order valence-corrected chi connectivity index (χ1v) is 7.35. The number of thioether (sulfide) groups is 1. The van der Waals surface area contributed by atoms with Gasteiger partial charge in [-0.25, -0.2) is 0 Å². The van der Waals surface area contributed by atoms with Crippen LogP contribution in [0.4, 0.5) is 13.2 Å². The Morgan fingerprint density at radius 1 is 1.32 bits per heavy atom. The lowest BCUT2D eigenvalue weighted by Gasteiger charge is -2.23. The Morgan fingerprint density at radius 2 is 2.11 bits per heavy atom. The maximum Gasteiger partial charge on any atom is 0.573 e. The Bertz CT molecular complexity index is 405. The van der Waals surface area contributed by atoms with Crippen LogP contribution in [0, 0.1) is 0 Å². The summed E-state index contributed by atoms with van der Waals surface area (Å²) in [6.07, 6.45) is -2.41. The number of nitrogens with one attached hydrogen (secondary N) is 1. The molecule has 1 fully saturated rings. The Kier molecular flexibility index (Phi) is 4.99. The topological polar surface area (TPSA) is 21.3 Å². The number of hydrogen-bond donors (Lipinski definition) is 1. The predicted molar refractivity (Wildman–Crippen MR) is 70.3 cm³/mol. The van der Waals surface area contributed by atoms with Crippen molar-refractivity contribution in [2.75, 3.05) is 11.5 Å². The quantitative estimate of drug-likeness (QED) is 0.916. The molecule has 1 heterocycles. The molecular formula is C13H16F3NOS. The smallest absolute Gasteiger partial charge is 0.405 e. The minimum Gasteiger partial charge on any atom is -0.405 e. The van der Waals surface area contributed by atoms with Gasteiger partial charge < -0.3 is 10.1 Å². The van der Waals surface area contributed by atoms with Crippen LogP contribution in [0.25, 0.3) is 0 Å². The fraction of sp³-hybridized carbons (Fsp3) is 0.538. The second kappa shape index (κ2) is 6.52. The maximum atomic E-state index is 12.3. The summed E-state index contributed by atoms with van der Waals surface area (Å²) in [5, 5.41) is 3.30. The number of benzene rings is 1. The van der Waals surface area contributed by atoms with Gasteiger partial charge in [-0.15, -0.1) is 13.2 Å². The SMILES string of the molecule is FC(F)(F)Oc1ccccc1CNC1CCCSC1. The van der Waals surface area contributed by atoms with Crippen molar-refractivity contribution >= 4 is 11.8 Å². The first-order chi connectivity index (χ1) is 9.04.